The zero-order chi connectivity index (χ0) is 51.4. The number of hydrogen-bond acceptors (Lipinski definition) is 18. The average molecular weight is 1070 g/mol. The third-order valence-electron chi connectivity index (χ3n) is 13.4. The highest BCUT2D eigenvalue weighted by Gasteiger charge is 2.36. The van der Waals surface area contributed by atoms with Crippen molar-refractivity contribution < 1.29 is 47.4 Å². The van der Waals surface area contributed by atoms with E-state index in [9.17, 15) is 0 Å². The molecule has 0 spiro atoms. The molecule has 8 bridgehead atoms. The molecule has 4 aromatic carbocycles. The van der Waals surface area contributed by atoms with Crippen molar-refractivity contribution in [2.45, 2.75) is 68.6 Å². The van der Waals surface area contributed by atoms with E-state index in [1.807, 2.05) is 42.5 Å². The molecule has 7 aromatic rings. The molecule has 0 saturated heterocycles. The normalized spacial score (nSPS) is 14.5. The number of methoxy groups -OCH3 is 1. The summed E-state index contributed by atoms with van der Waals surface area (Å²) in [5.41, 5.74) is 4.69. The molecule has 20 heteroatoms. The summed E-state index contributed by atoms with van der Waals surface area (Å²) in [7, 11) is 1.65. The van der Waals surface area contributed by atoms with Gasteiger partial charge in [-0.1, -0.05) is 38.8 Å². The number of thioether (sulfide) groups is 2. The maximum absolute atomic E-state index is 7.08. The van der Waals surface area contributed by atoms with E-state index in [0.29, 0.717) is 216 Å². The monoisotopic (exact) mass is 1070 g/mol. The number of aromatic nitrogens is 8. The summed E-state index contributed by atoms with van der Waals surface area (Å²) in [5.74, 6) is 7.74. The van der Waals surface area contributed by atoms with E-state index < -0.39 is 0 Å². The number of nitrogens with zero attached hydrogens (tertiary/aromatic N) is 6. The number of H-pyrrole nitrogens is 2. The summed E-state index contributed by atoms with van der Waals surface area (Å²) >= 11 is 3.59. The van der Waals surface area contributed by atoms with E-state index in [1.165, 1.54) is 0 Å². The lowest BCUT2D eigenvalue weighted by atomic mass is 10.1. The SMILES string of the molecule is CCCCSc1c2c3c4c(c1SCCCC)OCCCOc1ccc5c6c7nc8nc(nc9[nH]c(nc-3nc-4nc([nH]7)c16)c1c(ccc(OCCOCCOCCOC)c91)OCCCO2)-c1cccc(c1-8)OCCCO5. The van der Waals surface area contributed by atoms with Crippen LogP contribution in [0.5, 0.6) is 40.2 Å². The van der Waals surface area contributed by atoms with E-state index >= 15 is 0 Å². The van der Waals surface area contributed by atoms with Crippen molar-refractivity contribution in [3.05, 3.63) is 42.5 Å². The summed E-state index contributed by atoms with van der Waals surface area (Å²) in [6.07, 6.45) is 5.94. The van der Waals surface area contributed by atoms with Crippen LogP contribution in [0.4, 0.5) is 0 Å². The molecule has 0 amide bonds. The molecule has 0 radical (unpaired) electrons. The molecular formula is C56H60N8O10S2. The van der Waals surface area contributed by atoms with Crippen LogP contribution in [0.15, 0.2) is 52.3 Å². The fraction of sp³-hybridized carbons (Fsp3) is 0.429. The first kappa shape index (κ1) is 50.2. The van der Waals surface area contributed by atoms with Gasteiger partial charge in [-0.25, -0.2) is 29.9 Å². The van der Waals surface area contributed by atoms with Crippen molar-refractivity contribution in [2.24, 2.45) is 0 Å². The van der Waals surface area contributed by atoms with E-state index in [1.54, 1.807) is 30.6 Å². The van der Waals surface area contributed by atoms with E-state index in [2.05, 4.69) is 23.8 Å². The van der Waals surface area contributed by atoms with Crippen LogP contribution in [-0.2, 0) is 14.2 Å². The molecule has 18 nitrogen and oxygen atoms in total. The summed E-state index contributed by atoms with van der Waals surface area (Å²) in [6, 6.07) is 13.6. The maximum Gasteiger partial charge on any atom is 0.168 e. The molecule has 0 fully saturated rings. The largest absolute Gasteiger partial charge is 0.493 e. The minimum Gasteiger partial charge on any atom is -0.493 e. The molecule has 0 atom stereocenters. The lowest BCUT2D eigenvalue weighted by molar-refractivity contribution is 0.0181. The molecule has 76 heavy (non-hydrogen) atoms. The Kier molecular flexibility index (Phi) is 15.2. The average Bonchev–Trinajstić information content (AvgIpc) is 4.23. The summed E-state index contributed by atoms with van der Waals surface area (Å²) in [4.78, 5) is 41.9. The van der Waals surface area contributed by atoms with E-state index in [-0.39, 0.29) is 6.61 Å². The smallest absolute Gasteiger partial charge is 0.168 e. The predicted octanol–water partition coefficient (Wildman–Crippen LogP) is 11.2. The van der Waals surface area contributed by atoms with Gasteiger partial charge < -0.3 is 57.3 Å². The van der Waals surface area contributed by atoms with Crippen LogP contribution in [0.2, 0.25) is 0 Å². The Hall–Kier alpha value is -6.58. The fourth-order valence-corrected chi connectivity index (χ4v) is 12.5. The Morgan fingerprint density at radius 2 is 0.934 bits per heavy atom. The molecule has 2 N–H and O–H groups in total. The minimum absolute atomic E-state index is 0.247. The van der Waals surface area contributed by atoms with Gasteiger partial charge in [0.1, 0.15) is 69.4 Å². The molecule has 0 saturated carbocycles. The molecule has 0 unspecified atom stereocenters. The predicted molar refractivity (Wildman–Crippen MR) is 293 cm³/mol. The van der Waals surface area contributed by atoms with Crippen LogP contribution in [-0.4, -0.2) is 138 Å². The summed E-state index contributed by atoms with van der Waals surface area (Å²) < 4.78 is 63.9. The topological polar surface area (TPSA) is 201 Å². The first-order chi connectivity index (χ1) is 37.6. The van der Waals surface area contributed by atoms with Gasteiger partial charge in [-0.3, -0.25) is 0 Å². The summed E-state index contributed by atoms with van der Waals surface area (Å²) in [5, 5.41) is 2.71. The number of rotatable bonds is 18. The van der Waals surface area contributed by atoms with Crippen LogP contribution in [0.1, 0.15) is 58.8 Å². The van der Waals surface area contributed by atoms with Crippen molar-refractivity contribution in [1.29, 1.82) is 0 Å². The Labute approximate surface area is 447 Å². The van der Waals surface area contributed by atoms with Crippen LogP contribution >= 0.6 is 23.5 Å². The third kappa shape index (κ3) is 9.78. The molecule has 8 heterocycles. The molecule has 5 aliphatic heterocycles. The maximum atomic E-state index is 7.08. The fourth-order valence-electron chi connectivity index (χ4n) is 9.80. The van der Waals surface area contributed by atoms with Gasteiger partial charge in [0.25, 0.3) is 0 Å². The van der Waals surface area contributed by atoms with Gasteiger partial charge >= 0.3 is 0 Å². The number of ether oxygens (including phenoxy) is 10. The first-order valence-electron chi connectivity index (χ1n) is 26.4. The van der Waals surface area contributed by atoms with E-state index in [4.69, 9.17) is 77.3 Å². The quantitative estimate of drug-likeness (QED) is 0.0606. The van der Waals surface area contributed by atoms with Crippen molar-refractivity contribution in [2.75, 3.05) is 97.9 Å². The van der Waals surface area contributed by atoms with Gasteiger partial charge in [-0.15, -0.1) is 23.5 Å². The molecule has 396 valence electrons. The molecule has 3 aromatic heterocycles. The van der Waals surface area contributed by atoms with Gasteiger partial charge in [-0.05, 0) is 54.7 Å². The highest BCUT2D eigenvalue weighted by atomic mass is 32.2. The number of benzene rings is 4. The van der Waals surface area contributed by atoms with Crippen LogP contribution in [0.3, 0.4) is 0 Å². The highest BCUT2D eigenvalue weighted by molar-refractivity contribution is 8.02. The third-order valence-corrected chi connectivity index (χ3v) is 15.9. The van der Waals surface area contributed by atoms with Crippen LogP contribution < -0.4 is 33.2 Å². The van der Waals surface area contributed by atoms with Gasteiger partial charge in [0.05, 0.1) is 121 Å². The lowest BCUT2D eigenvalue weighted by Crippen LogP contribution is -2.12. The van der Waals surface area contributed by atoms with E-state index in [0.717, 1.165) is 52.5 Å². The summed E-state index contributed by atoms with van der Waals surface area (Å²) in [6.45, 7) is 9.15. The van der Waals surface area contributed by atoms with Crippen molar-refractivity contribution in [1.82, 2.24) is 39.9 Å². The van der Waals surface area contributed by atoms with Crippen molar-refractivity contribution in [3.8, 4) is 85.8 Å². The van der Waals surface area contributed by atoms with Gasteiger partial charge in [0.15, 0.2) is 23.3 Å². The standard InChI is InChI=1S/C56H60N8O10S2/c1-4-6-30-75-47-45-43-44-46(48(47)76-31-7-5-2)74-22-10-20-70-35-15-14-34-39-40(35)54-61-52(39)59-50-38-32(12-8-13-33(38)68-18-9-19-69-34)49(57-50)58-51-42-37(72-29-28-67-27-26-66-25-24-65-3)17-16-36(71-21-11-23-73-45)41(42)53(60-51)62-55(43)64-56(44)63-54/h8,12-17H,4-7,9-11,18-31H2,1-3H3,(H2,57,58,59,60,61,62,63,64). The van der Waals surface area contributed by atoms with Crippen molar-refractivity contribution >= 4 is 67.7 Å². The van der Waals surface area contributed by atoms with Gasteiger partial charge in [-0.2, -0.15) is 0 Å². The number of unbranched alkanes of at least 4 members (excludes halogenated alkanes) is 2. The van der Waals surface area contributed by atoms with Gasteiger partial charge in [0.2, 0.25) is 0 Å². The second kappa shape index (κ2) is 22.9. The Morgan fingerprint density at radius 1 is 0.474 bits per heavy atom. The second-order valence-electron chi connectivity index (χ2n) is 18.6. The van der Waals surface area contributed by atoms with Crippen molar-refractivity contribution in [3.63, 3.8) is 0 Å². The van der Waals surface area contributed by atoms with Gasteiger partial charge in [0, 0.05) is 31.9 Å². The zero-order valence-electron chi connectivity index (χ0n) is 43.0. The van der Waals surface area contributed by atoms with Crippen LogP contribution in [0.25, 0.3) is 89.7 Å². The molecule has 5 aliphatic rings. The Morgan fingerprint density at radius 3 is 1.50 bits per heavy atom. The Balaban J connectivity index is 1.20. The lowest BCUT2D eigenvalue weighted by Gasteiger charge is -2.23. The number of aromatic amines is 2. The molecule has 0 aliphatic carbocycles. The first-order valence-corrected chi connectivity index (χ1v) is 28.4. The number of nitrogens with one attached hydrogen (secondary N) is 2. The number of fused-ring (bicyclic) bond motifs is 4. The zero-order valence-corrected chi connectivity index (χ0v) is 44.6. The number of hydrogen-bond donors (Lipinski definition) is 2. The second-order valence-corrected chi connectivity index (χ2v) is 20.8. The molecule has 12 rings (SSSR count). The Bertz CT molecular complexity index is 3480. The minimum atomic E-state index is 0.247. The highest BCUT2D eigenvalue weighted by Crippen LogP contribution is 2.57. The molecular weight excluding hydrogens is 1010 g/mol. The van der Waals surface area contributed by atoms with Crippen LogP contribution in [0, 0.1) is 0 Å².